The molecule has 0 aromatic rings. The van der Waals surface area contributed by atoms with Crippen molar-refractivity contribution in [3.8, 4) is 0 Å². The van der Waals surface area contributed by atoms with Crippen molar-refractivity contribution in [3.63, 3.8) is 0 Å². The lowest BCUT2D eigenvalue weighted by atomic mass is 9.80. The standard InChI is InChI=1S/C14H28N2O/c1-6-16(12-7-8-15-10-12)13(17)9-11(2)14(3,4)5/h11-12,15H,6-10H2,1-5H3. The van der Waals surface area contributed by atoms with Crippen LogP contribution in [-0.4, -0.2) is 36.5 Å². The van der Waals surface area contributed by atoms with Gasteiger partial charge in [0, 0.05) is 25.6 Å². The summed E-state index contributed by atoms with van der Waals surface area (Å²) in [6, 6.07) is 0.416. The molecule has 0 radical (unpaired) electrons. The largest absolute Gasteiger partial charge is 0.339 e. The normalized spacial score (nSPS) is 22.5. The van der Waals surface area contributed by atoms with Crippen molar-refractivity contribution >= 4 is 5.91 Å². The topological polar surface area (TPSA) is 32.3 Å². The summed E-state index contributed by atoms with van der Waals surface area (Å²) < 4.78 is 0. The summed E-state index contributed by atoms with van der Waals surface area (Å²) in [5.41, 5.74) is 0.211. The Morgan fingerprint density at radius 1 is 1.47 bits per heavy atom. The second kappa shape index (κ2) is 5.85. The summed E-state index contributed by atoms with van der Waals surface area (Å²) in [6.45, 7) is 13.7. The summed E-state index contributed by atoms with van der Waals surface area (Å²) in [6.07, 6.45) is 1.78. The van der Waals surface area contributed by atoms with Crippen LogP contribution in [0.15, 0.2) is 0 Å². The zero-order chi connectivity index (χ0) is 13.1. The van der Waals surface area contributed by atoms with Gasteiger partial charge in [-0.3, -0.25) is 4.79 Å². The number of amides is 1. The van der Waals surface area contributed by atoms with Crippen LogP contribution in [0.5, 0.6) is 0 Å². The Hall–Kier alpha value is -0.570. The summed E-state index contributed by atoms with van der Waals surface area (Å²) in [7, 11) is 0. The van der Waals surface area contributed by atoms with Gasteiger partial charge in [-0.25, -0.2) is 0 Å². The van der Waals surface area contributed by atoms with Crippen molar-refractivity contribution in [3.05, 3.63) is 0 Å². The van der Waals surface area contributed by atoms with Crippen LogP contribution >= 0.6 is 0 Å². The van der Waals surface area contributed by atoms with E-state index in [0.29, 0.717) is 24.3 Å². The first-order valence-corrected chi connectivity index (χ1v) is 6.86. The van der Waals surface area contributed by atoms with Gasteiger partial charge in [-0.1, -0.05) is 27.7 Å². The Morgan fingerprint density at radius 2 is 2.12 bits per heavy atom. The highest BCUT2D eigenvalue weighted by Gasteiger charge is 2.29. The second-order valence-electron chi connectivity index (χ2n) is 6.30. The molecule has 3 nitrogen and oxygen atoms in total. The fraction of sp³-hybridized carbons (Fsp3) is 0.929. The number of carbonyl (C=O) groups is 1. The molecule has 0 aliphatic carbocycles. The highest BCUT2D eigenvalue weighted by molar-refractivity contribution is 5.76. The Labute approximate surface area is 106 Å². The van der Waals surface area contributed by atoms with E-state index in [-0.39, 0.29) is 5.41 Å². The summed E-state index contributed by atoms with van der Waals surface area (Å²) in [5.74, 6) is 0.752. The number of nitrogens with zero attached hydrogens (tertiary/aromatic N) is 1. The average molecular weight is 240 g/mol. The van der Waals surface area contributed by atoms with Gasteiger partial charge in [0.15, 0.2) is 0 Å². The summed E-state index contributed by atoms with van der Waals surface area (Å²) >= 11 is 0. The Balaban J connectivity index is 2.54. The molecule has 2 atom stereocenters. The molecule has 1 N–H and O–H groups in total. The quantitative estimate of drug-likeness (QED) is 0.817. The molecular weight excluding hydrogens is 212 g/mol. The van der Waals surface area contributed by atoms with Crippen LogP contribution in [0.3, 0.4) is 0 Å². The van der Waals surface area contributed by atoms with Crippen LogP contribution in [0.25, 0.3) is 0 Å². The molecule has 2 unspecified atom stereocenters. The maximum absolute atomic E-state index is 12.3. The number of nitrogens with one attached hydrogen (secondary N) is 1. The van der Waals surface area contributed by atoms with Gasteiger partial charge in [0.25, 0.3) is 0 Å². The van der Waals surface area contributed by atoms with E-state index >= 15 is 0 Å². The van der Waals surface area contributed by atoms with Gasteiger partial charge in [-0.05, 0) is 31.2 Å². The van der Waals surface area contributed by atoms with Crippen LogP contribution in [0.2, 0.25) is 0 Å². The third-order valence-electron chi connectivity index (χ3n) is 4.10. The lowest BCUT2D eigenvalue weighted by Gasteiger charge is -2.32. The maximum atomic E-state index is 12.3. The van der Waals surface area contributed by atoms with Gasteiger partial charge in [0.2, 0.25) is 5.91 Å². The summed E-state index contributed by atoms with van der Waals surface area (Å²) in [5, 5.41) is 3.33. The molecule has 1 saturated heterocycles. The van der Waals surface area contributed by atoms with Crippen LogP contribution in [-0.2, 0) is 4.79 Å². The molecule has 0 aromatic carbocycles. The number of hydrogen-bond acceptors (Lipinski definition) is 2. The molecule has 1 amide bonds. The minimum Gasteiger partial charge on any atom is -0.339 e. The van der Waals surface area contributed by atoms with Gasteiger partial charge in [-0.15, -0.1) is 0 Å². The first kappa shape index (κ1) is 14.5. The second-order valence-corrected chi connectivity index (χ2v) is 6.30. The van der Waals surface area contributed by atoms with E-state index in [1.807, 2.05) is 0 Å². The molecule has 0 bridgehead atoms. The molecule has 0 aromatic heterocycles. The molecule has 1 heterocycles. The summed E-state index contributed by atoms with van der Waals surface area (Å²) in [4.78, 5) is 14.4. The highest BCUT2D eigenvalue weighted by atomic mass is 16.2. The lowest BCUT2D eigenvalue weighted by Crippen LogP contribution is -2.42. The van der Waals surface area contributed by atoms with Crippen LogP contribution in [0.4, 0.5) is 0 Å². The van der Waals surface area contributed by atoms with Gasteiger partial charge >= 0.3 is 0 Å². The third-order valence-corrected chi connectivity index (χ3v) is 4.10. The van der Waals surface area contributed by atoms with Gasteiger partial charge in [0.1, 0.15) is 0 Å². The fourth-order valence-electron chi connectivity index (χ4n) is 2.23. The molecule has 1 fully saturated rings. The lowest BCUT2D eigenvalue weighted by molar-refractivity contribution is -0.134. The van der Waals surface area contributed by atoms with E-state index in [9.17, 15) is 4.79 Å². The maximum Gasteiger partial charge on any atom is 0.223 e. The van der Waals surface area contributed by atoms with Gasteiger partial charge < -0.3 is 10.2 Å². The smallest absolute Gasteiger partial charge is 0.223 e. The fourth-order valence-corrected chi connectivity index (χ4v) is 2.23. The van der Waals surface area contributed by atoms with Crippen molar-refractivity contribution < 1.29 is 4.79 Å². The van der Waals surface area contributed by atoms with E-state index < -0.39 is 0 Å². The van der Waals surface area contributed by atoms with Crippen LogP contribution in [0.1, 0.15) is 47.5 Å². The Kier molecular flexibility index (Phi) is 4.99. The van der Waals surface area contributed by atoms with Gasteiger partial charge in [-0.2, -0.15) is 0 Å². The third kappa shape index (κ3) is 3.98. The highest BCUT2D eigenvalue weighted by Crippen LogP contribution is 2.29. The number of hydrogen-bond donors (Lipinski definition) is 1. The van der Waals surface area contributed by atoms with Crippen molar-refractivity contribution in [2.75, 3.05) is 19.6 Å². The zero-order valence-corrected chi connectivity index (χ0v) is 12.0. The zero-order valence-electron chi connectivity index (χ0n) is 12.0. The first-order valence-electron chi connectivity index (χ1n) is 6.86. The predicted octanol–water partition coefficient (Wildman–Crippen LogP) is 2.27. The van der Waals surface area contributed by atoms with E-state index in [0.717, 1.165) is 26.1 Å². The van der Waals surface area contributed by atoms with E-state index in [1.54, 1.807) is 0 Å². The average Bonchev–Trinajstić information content (AvgIpc) is 2.70. The minimum absolute atomic E-state index is 0.211. The monoisotopic (exact) mass is 240 g/mol. The first-order chi connectivity index (χ1) is 7.86. The van der Waals surface area contributed by atoms with E-state index in [2.05, 4.69) is 44.8 Å². The van der Waals surface area contributed by atoms with E-state index in [4.69, 9.17) is 0 Å². The Morgan fingerprint density at radius 3 is 2.53 bits per heavy atom. The Bertz CT molecular complexity index is 251. The van der Waals surface area contributed by atoms with Crippen LogP contribution in [0, 0.1) is 11.3 Å². The molecule has 1 aliphatic rings. The minimum atomic E-state index is 0.211. The van der Waals surface area contributed by atoms with Crippen molar-refractivity contribution in [2.45, 2.75) is 53.5 Å². The molecule has 100 valence electrons. The number of carbonyl (C=O) groups excluding carboxylic acids is 1. The molecule has 1 rings (SSSR count). The van der Waals surface area contributed by atoms with Crippen molar-refractivity contribution in [2.24, 2.45) is 11.3 Å². The number of likely N-dealkylation sites (N-methyl/N-ethyl adjacent to an activating group) is 1. The predicted molar refractivity (Wildman–Crippen MR) is 71.9 cm³/mol. The number of rotatable bonds is 4. The van der Waals surface area contributed by atoms with Crippen molar-refractivity contribution in [1.29, 1.82) is 0 Å². The van der Waals surface area contributed by atoms with Crippen molar-refractivity contribution in [1.82, 2.24) is 10.2 Å². The van der Waals surface area contributed by atoms with Gasteiger partial charge in [0.05, 0.1) is 0 Å². The molecule has 3 heteroatoms. The SMILES string of the molecule is CCN(C(=O)CC(C)C(C)(C)C)C1CCNC1. The molecule has 1 aliphatic heterocycles. The molecule has 17 heavy (non-hydrogen) atoms. The van der Waals surface area contributed by atoms with Crippen LogP contribution < -0.4 is 5.32 Å². The molecular formula is C14H28N2O. The molecule has 0 spiro atoms. The molecule has 0 saturated carbocycles. The van der Waals surface area contributed by atoms with E-state index in [1.165, 1.54) is 0 Å².